The van der Waals surface area contributed by atoms with Gasteiger partial charge in [0.2, 0.25) is 0 Å². The average molecular weight is 336 g/mol. The van der Waals surface area contributed by atoms with E-state index in [4.69, 9.17) is 0 Å². The number of halogens is 1. The molecule has 6 heteroatoms. The summed E-state index contributed by atoms with van der Waals surface area (Å²) in [6, 6.07) is 14.9. The van der Waals surface area contributed by atoms with E-state index in [0.717, 1.165) is 16.8 Å². The predicted octanol–water partition coefficient (Wildman–Crippen LogP) is 4.23. The lowest BCUT2D eigenvalue weighted by Gasteiger charge is -2.11. The van der Waals surface area contributed by atoms with E-state index in [1.807, 2.05) is 32.0 Å². The Morgan fingerprint density at radius 2 is 1.60 bits per heavy atom. The quantitative estimate of drug-likeness (QED) is 0.748. The number of anilines is 3. The van der Waals surface area contributed by atoms with Crippen molar-refractivity contribution in [3.05, 3.63) is 77.2 Å². The Bertz CT molecular complexity index is 872. The van der Waals surface area contributed by atoms with Crippen molar-refractivity contribution >= 4 is 23.1 Å². The highest BCUT2D eigenvalue weighted by Gasteiger charge is 2.11. The predicted molar refractivity (Wildman–Crippen MR) is 95.6 cm³/mol. The van der Waals surface area contributed by atoms with Crippen molar-refractivity contribution in [2.75, 3.05) is 10.6 Å². The van der Waals surface area contributed by atoms with Crippen LogP contribution in [0.4, 0.5) is 21.6 Å². The van der Waals surface area contributed by atoms with Crippen molar-refractivity contribution in [2.45, 2.75) is 13.8 Å². The number of hydrogen-bond donors (Lipinski definition) is 2. The van der Waals surface area contributed by atoms with Crippen LogP contribution in [0.2, 0.25) is 0 Å². The lowest BCUT2D eigenvalue weighted by atomic mass is 10.1. The number of aryl methyl sites for hydroxylation is 2. The number of amides is 1. The van der Waals surface area contributed by atoms with Crippen LogP contribution < -0.4 is 10.6 Å². The Morgan fingerprint density at radius 1 is 0.920 bits per heavy atom. The molecule has 0 saturated heterocycles. The van der Waals surface area contributed by atoms with Crippen molar-refractivity contribution in [1.82, 2.24) is 10.2 Å². The summed E-state index contributed by atoms with van der Waals surface area (Å²) in [5.74, 6) is -0.163. The zero-order valence-electron chi connectivity index (χ0n) is 13.9. The molecule has 0 bridgehead atoms. The van der Waals surface area contributed by atoms with Crippen LogP contribution in [0.1, 0.15) is 21.6 Å². The highest BCUT2D eigenvalue weighted by molar-refractivity contribution is 6.03. The van der Waals surface area contributed by atoms with Gasteiger partial charge in [0.1, 0.15) is 5.82 Å². The first-order valence-electron chi connectivity index (χ1n) is 7.77. The van der Waals surface area contributed by atoms with Crippen molar-refractivity contribution in [1.29, 1.82) is 0 Å². The van der Waals surface area contributed by atoms with Gasteiger partial charge in [0, 0.05) is 11.4 Å². The van der Waals surface area contributed by atoms with Gasteiger partial charge in [0.05, 0.1) is 0 Å². The number of carbonyl (C=O) groups is 1. The minimum atomic E-state index is -0.321. The number of rotatable bonds is 4. The highest BCUT2D eigenvalue weighted by atomic mass is 19.1. The van der Waals surface area contributed by atoms with E-state index < -0.39 is 0 Å². The second-order valence-corrected chi connectivity index (χ2v) is 5.66. The van der Waals surface area contributed by atoms with Gasteiger partial charge < -0.3 is 10.6 Å². The fraction of sp³-hybridized carbons (Fsp3) is 0.105. The third-order valence-electron chi connectivity index (χ3n) is 3.73. The van der Waals surface area contributed by atoms with Crippen LogP contribution in [0.25, 0.3) is 0 Å². The molecule has 1 aromatic heterocycles. The Balaban J connectivity index is 1.71. The Labute approximate surface area is 144 Å². The van der Waals surface area contributed by atoms with Gasteiger partial charge >= 0.3 is 0 Å². The van der Waals surface area contributed by atoms with Crippen molar-refractivity contribution in [3.63, 3.8) is 0 Å². The van der Waals surface area contributed by atoms with Gasteiger partial charge in [-0.1, -0.05) is 18.2 Å². The fourth-order valence-corrected chi connectivity index (χ4v) is 2.39. The van der Waals surface area contributed by atoms with E-state index in [1.54, 1.807) is 24.3 Å². The number of hydrogen-bond acceptors (Lipinski definition) is 4. The Morgan fingerprint density at radius 3 is 2.20 bits per heavy atom. The number of para-hydroxylation sites is 1. The molecule has 1 heterocycles. The lowest BCUT2D eigenvalue weighted by molar-refractivity contribution is 0.102. The smallest absolute Gasteiger partial charge is 0.276 e. The van der Waals surface area contributed by atoms with Gasteiger partial charge in [0.25, 0.3) is 5.91 Å². The summed E-state index contributed by atoms with van der Waals surface area (Å²) in [5.41, 5.74) is 3.64. The van der Waals surface area contributed by atoms with E-state index in [0.29, 0.717) is 11.5 Å². The maximum atomic E-state index is 12.9. The summed E-state index contributed by atoms with van der Waals surface area (Å²) in [4.78, 5) is 12.3. The third-order valence-corrected chi connectivity index (χ3v) is 3.73. The molecule has 0 aliphatic carbocycles. The largest absolute Gasteiger partial charge is 0.339 e. The van der Waals surface area contributed by atoms with Crippen LogP contribution in [0.15, 0.2) is 54.6 Å². The summed E-state index contributed by atoms with van der Waals surface area (Å²) in [6.07, 6.45) is 0. The number of nitrogens with zero attached hydrogens (tertiary/aromatic N) is 2. The molecule has 0 fully saturated rings. The topological polar surface area (TPSA) is 66.9 Å². The van der Waals surface area contributed by atoms with Crippen LogP contribution in [-0.2, 0) is 0 Å². The molecular formula is C19H17FN4O. The van der Waals surface area contributed by atoms with Crippen LogP contribution in [0.5, 0.6) is 0 Å². The summed E-state index contributed by atoms with van der Waals surface area (Å²) in [7, 11) is 0. The zero-order chi connectivity index (χ0) is 17.8. The molecule has 3 rings (SSSR count). The second kappa shape index (κ2) is 7.09. The molecule has 25 heavy (non-hydrogen) atoms. The average Bonchev–Trinajstić information content (AvgIpc) is 2.61. The number of carbonyl (C=O) groups excluding carboxylic acids is 1. The molecule has 3 aromatic rings. The van der Waals surface area contributed by atoms with Crippen LogP contribution in [0.3, 0.4) is 0 Å². The van der Waals surface area contributed by atoms with E-state index in [2.05, 4.69) is 20.8 Å². The minimum absolute atomic E-state index is 0.215. The normalized spacial score (nSPS) is 10.4. The Hall–Kier alpha value is -3.28. The van der Waals surface area contributed by atoms with Gasteiger partial charge in [-0.25, -0.2) is 4.39 Å². The van der Waals surface area contributed by atoms with Crippen molar-refractivity contribution in [3.8, 4) is 0 Å². The molecule has 2 N–H and O–H groups in total. The van der Waals surface area contributed by atoms with E-state index in [-0.39, 0.29) is 17.4 Å². The molecular weight excluding hydrogens is 319 g/mol. The molecule has 0 saturated carbocycles. The number of aromatic nitrogens is 2. The Kier molecular flexibility index (Phi) is 4.70. The number of benzene rings is 2. The van der Waals surface area contributed by atoms with Gasteiger partial charge in [-0.05, 0) is 61.4 Å². The maximum absolute atomic E-state index is 12.9. The molecule has 0 atom stereocenters. The van der Waals surface area contributed by atoms with Crippen LogP contribution in [0, 0.1) is 19.7 Å². The molecule has 5 nitrogen and oxygen atoms in total. The molecule has 126 valence electrons. The van der Waals surface area contributed by atoms with E-state index in [1.165, 1.54) is 12.1 Å². The number of nitrogens with one attached hydrogen (secondary N) is 2. The summed E-state index contributed by atoms with van der Waals surface area (Å²) in [6.45, 7) is 3.87. The van der Waals surface area contributed by atoms with E-state index >= 15 is 0 Å². The first-order valence-corrected chi connectivity index (χ1v) is 7.77. The van der Waals surface area contributed by atoms with E-state index in [9.17, 15) is 9.18 Å². The zero-order valence-corrected chi connectivity index (χ0v) is 13.9. The molecule has 0 aliphatic rings. The molecule has 2 aromatic carbocycles. The fourth-order valence-electron chi connectivity index (χ4n) is 2.39. The molecule has 0 radical (unpaired) electrons. The summed E-state index contributed by atoms with van der Waals surface area (Å²) >= 11 is 0. The molecule has 0 aliphatic heterocycles. The van der Waals surface area contributed by atoms with Crippen molar-refractivity contribution in [2.24, 2.45) is 0 Å². The minimum Gasteiger partial charge on any atom is -0.339 e. The molecule has 0 unspecified atom stereocenters. The molecule has 1 amide bonds. The van der Waals surface area contributed by atoms with Gasteiger partial charge in [-0.2, -0.15) is 0 Å². The van der Waals surface area contributed by atoms with Gasteiger partial charge in [-0.15, -0.1) is 10.2 Å². The first-order chi connectivity index (χ1) is 12.0. The van der Waals surface area contributed by atoms with Crippen LogP contribution >= 0.6 is 0 Å². The van der Waals surface area contributed by atoms with Crippen LogP contribution in [-0.4, -0.2) is 16.1 Å². The standard InChI is InChI=1S/C19H17FN4O/c1-12-4-3-5-13(2)18(12)22-19(25)16-10-11-17(24-23-16)21-15-8-6-14(20)7-9-15/h3-11H,1-2H3,(H,21,24)(H,22,25). The summed E-state index contributed by atoms with van der Waals surface area (Å²) < 4.78 is 12.9. The third kappa shape index (κ3) is 3.98. The van der Waals surface area contributed by atoms with Gasteiger partial charge in [-0.3, -0.25) is 4.79 Å². The monoisotopic (exact) mass is 336 g/mol. The second-order valence-electron chi connectivity index (χ2n) is 5.66. The first kappa shape index (κ1) is 16.6. The SMILES string of the molecule is Cc1cccc(C)c1NC(=O)c1ccc(Nc2ccc(F)cc2)nn1. The highest BCUT2D eigenvalue weighted by Crippen LogP contribution is 2.20. The van der Waals surface area contributed by atoms with Gasteiger partial charge in [0.15, 0.2) is 11.5 Å². The van der Waals surface area contributed by atoms with Crippen molar-refractivity contribution < 1.29 is 9.18 Å². The molecule has 0 spiro atoms. The lowest BCUT2D eigenvalue weighted by Crippen LogP contribution is -2.16. The maximum Gasteiger partial charge on any atom is 0.276 e. The summed E-state index contributed by atoms with van der Waals surface area (Å²) in [5, 5.41) is 13.8.